The smallest absolute Gasteiger partial charge is 0.343 e. The van der Waals surface area contributed by atoms with E-state index in [9.17, 15) is 14.9 Å². The number of thioether (sulfide) groups is 1. The number of carbonyl (C=O) groups is 2. The number of methoxy groups -OCH3 is 1. The number of nitrogens with one attached hydrogen (secondary N) is 1. The number of aryl methyl sites for hydroxylation is 1. The highest BCUT2D eigenvalue weighted by molar-refractivity contribution is 7.98. The fourth-order valence-electron chi connectivity index (χ4n) is 2.61. The minimum atomic E-state index is -0.606. The molecule has 3 rings (SSSR count). The van der Waals surface area contributed by atoms with Crippen molar-refractivity contribution in [2.24, 2.45) is 0 Å². The van der Waals surface area contributed by atoms with Crippen LogP contribution >= 0.6 is 23.3 Å². The molecule has 0 fully saturated rings. The molecule has 0 spiro atoms. The molecule has 0 saturated heterocycles. The van der Waals surface area contributed by atoms with Gasteiger partial charge in [0, 0.05) is 11.5 Å². The van der Waals surface area contributed by atoms with Crippen molar-refractivity contribution in [3.8, 4) is 17.6 Å². The molecule has 3 aromatic rings. The number of benzene rings is 2. The van der Waals surface area contributed by atoms with Gasteiger partial charge in [0.25, 0.3) is 5.91 Å². The van der Waals surface area contributed by atoms with Crippen molar-refractivity contribution < 1.29 is 19.1 Å². The highest BCUT2D eigenvalue weighted by atomic mass is 32.2. The zero-order valence-corrected chi connectivity index (χ0v) is 19.0. The molecule has 32 heavy (non-hydrogen) atoms. The van der Waals surface area contributed by atoms with Crippen LogP contribution in [0.15, 0.2) is 53.2 Å². The number of rotatable bonds is 7. The Labute approximate surface area is 193 Å². The molecule has 1 N–H and O–H groups in total. The second kappa shape index (κ2) is 10.6. The Kier molecular flexibility index (Phi) is 7.59. The van der Waals surface area contributed by atoms with Crippen molar-refractivity contribution in [1.82, 2.24) is 9.36 Å². The van der Waals surface area contributed by atoms with Crippen LogP contribution in [-0.4, -0.2) is 34.6 Å². The van der Waals surface area contributed by atoms with Crippen LogP contribution in [0.3, 0.4) is 0 Å². The van der Waals surface area contributed by atoms with Crippen molar-refractivity contribution in [3.05, 3.63) is 64.7 Å². The highest BCUT2D eigenvalue weighted by Crippen LogP contribution is 2.30. The first-order chi connectivity index (χ1) is 15.4. The predicted octanol–water partition coefficient (Wildman–Crippen LogP) is 4.34. The third-order valence-electron chi connectivity index (χ3n) is 4.13. The normalized spacial score (nSPS) is 10.9. The molecular formula is C22H18N4O4S2. The molecule has 0 aliphatic heterocycles. The van der Waals surface area contributed by atoms with Crippen LogP contribution in [0.1, 0.15) is 21.5 Å². The lowest BCUT2D eigenvalue weighted by Gasteiger charge is -2.10. The summed E-state index contributed by atoms with van der Waals surface area (Å²) < 4.78 is 14.8. The van der Waals surface area contributed by atoms with Gasteiger partial charge in [-0.25, -0.2) is 4.79 Å². The number of aromatic nitrogens is 2. The maximum Gasteiger partial charge on any atom is 0.343 e. The van der Waals surface area contributed by atoms with Crippen molar-refractivity contribution in [3.63, 3.8) is 0 Å². The Balaban J connectivity index is 1.78. The van der Waals surface area contributed by atoms with Gasteiger partial charge in [-0.2, -0.15) is 14.6 Å². The monoisotopic (exact) mass is 466 g/mol. The quantitative estimate of drug-likeness (QED) is 0.180. The maximum atomic E-state index is 12.4. The van der Waals surface area contributed by atoms with Gasteiger partial charge < -0.3 is 9.47 Å². The van der Waals surface area contributed by atoms with Crippen molar-refractivity contribution in [1.29, 1.82) is 5.26 Å². The van der Waals surface area contributed by atoms with E-state index in [1.54, 1.807) is 36.4 Å². The average Bonchev–Trinajstić information content (AvgIpc) is 3.25. The van der Waals surface area contributed by atoms with Gasteiger partial charge in [0.05, 0.1) is 12.7 Å². The molecular weight excluding hydrogens is 448 g/mol. The van der Waals surface area contributed by atoms with E-state index in [4.69, 9.17) is 9.47 Å². The molecule has 1 aromatic heterocycles. The molecule has 0 bridgehead atoms. The summed E-state index contributed by atoms with van der Waals surface area (Å²) in [5, 5.41) is 12.8. The second-order valence-electron chi connectivity index (χ2n) is 6.38. The first-order valence-corrected chi connectivity index (χ1v) is 11.2. The van der Waals surface area contributed by atoms with Gasteiger partial charge in [-0.05, 0) is 49.1 Å². The number of nitriles is 1. The van der Waals surface area contributed by atoms with Gasteiger partial charge >= 0.3 is 5.97 Å². The molecule has 1 heterocycles. The van der Waals surface area contributed by atoms with E-state index < -0.39 is 11.9 Å². The van der Waals surface area contributed by atoms with E-state index in [0.29, 0.717) is 21.4 Å². The van der Waals surface area contributed by atoms with E-state index in [0.717, 1.165) is 17.1 Å². The molecule has 0 radical (unpaired) electrons. The Morgan fingerprint density at radius 2 is 2.03 bits per heavy atom. The van der Waals surface area contributed by atoms with Crippen LogP contribution in [0.25, 0.3) is 6.08 Å². The SMILES string of the molecule is COc1cc(C=C(C#N)C(=O)Nc2nc(SC)ns2)ccc1OC(=O)c1cccc(C)c1. The fraction of sp³-hybridized carbons (Fsp3) is 0.136. The van der Waals surface area contributed by atoms with Crippen LogP contribution in [0, 0.1) is 18.3 Å². The summed E-state index contributed by atoms with van der Waals surface area (Å²) >= 11 is 2.38. The third kappa shape index (κ3) is 5.72. The molecule has 0 saturated carbocycles. The lowest BCUT2D eigenvalue weighted by atomic mass is 10.1. The van der Waals surface area contributed by atoms with Crippen molar-refractivity contribution >= 4 is 46.4 Å². The van der Waals surface area contributed by atoms with Gasteiger partial charge in [-0.3, -0.25) is 10.1 Å². The standard InChI is InChI=1S/C22H18N4O4S2/c1-13-5-4-6-15(9-13)20(28)30-17-8-7-14(11-18(17)29-2)10-16(12-23)19(27)24-21-25-22(31-3)26-32-21/h4-11H,1-3H3,(H,24,25,26,27). The summed E-state index contributed by atoms with van der Waals surface area (Å²) in [7, 11) is 1.43. The minimum absolute atomic E-state index is 0.127. The largest absolute Gasteiger partial charge is 0.493 e. The molecule has 10 heteroatoms. The zero-order chi connectivity index (χ0) is 23.1. The number of esters is 1. The van der Waals surface area contributed by atoms with Crippen LogP contribution < -0.4 is 14.8 Å². The van der Waals surface area contributed by atoms with Gasteiger partial charge in [-0.15, -0.1) is 0 Å². The third-order valence-corrected chi connectivity index (χ3v) is 5.42. The second-order valence-corrected chi connectivity index (χ2v) is 7.90. The Morgan fingerprint density at radius 1 is 1.22 bits per heavy atom. The molecule has 0 aliphatic carbocycles. The zero-order valence-electron chi connectivity index (χ0n) is 17.4. The summed E-state index contributed by atoms with van der Waals surface area (Å²) in [6.45, 7) is 1.88. The Morgan fingerprint density at radius 3 is 2.69 bits per heavy atom. The molecule has 0 aliphatic rings. The van der Waals surface area contributed by atoms with Crippen LogP contribution in [0.5, 0.6) is 11.5 Å². The maximum absolute atomic E-state index is 12.4. The lowest BCUT2D eigenvalue weighted by molar-refractivity contribution is -0.112. The van der Waals surface area contributed by atoms with E-state index in [1.807, 2.05) is 25.3 Å². The highest BCUT2D eigenvalue weighted by Gasteiger charge is 2.15. The number of ether oxygens (including phenoxy) is 2. The molecule has 8 nitrogen and oxygen atoms in total. The lowest BCUT2D eigenvalue weighted by Crippen LogP contribution is -2.13. The summed E-state index contributed by atoms with van der Waals surface area (Å²) in [6.07, 6.45) is 3.23. The van der Waals surface area contributed by atoms with E-state index in [1.165, 1.54) is 24.9 Å². The van der Waals surface area contributed by atoms with E-state index in [2.05, 4.69) is 14.7 Å². The molecule has 1 amide bonds. The van der Waals surface area contributed by atoms with Gasteiger partial charge in [-0.1, -0.05) is 35.5 Å². The van der Waals surface area contributed by atoms with Gasteiger partial charge in [0.2, 0.25) is 10.3 Å². The summed E-state index contributed by atoms with van der Waals surface area (Å²) in [4.78, 5) is 29.0. The predicted molar refractivity (Wildman–Crippen MR) is 123 cm³/mol. The topological polar surface area (TPSA) is 114 Å². The van der Waals surface area contributed by atoms with Crippen molar-refractivity contribution in [2.75, 3.05) is 18.7 Å². The van der Waals surface area contributed by atoms with Gasteiger partial charge in [0.15, 0.2) is 11.5 Å². The number of nitrogens with zero attached hydrogens (tertiary/aromatic N) is 3. The van der Waals surface area contributed by atoms with E-state index in [-0.39, 0.29) is 17.1 Å². The summed E-state index contributed by atoms with van der Waals surface area (Å²) in [5.41, 5.74) is 1.75. The molecule has 2 aromatic carbocycles. The molecule has 0 unspecified atom stereocenters. The summed E-state index contributed by atoms with van der Waals surface area (Å²) in [5.74, 6) is -0.622. The fourth-order valence-corrected chi connectivity index (χ4v) is 3.73. The van der Waals surface area contributed by atoms with Crippen LogP contribution in [0.2, 0.25) is 0 Å². The molecule has 0 atom stereocenters. The first-order valence-electron chi connectivity index (χ1n) is 9.21. The van der Waals surface area contributed by atoms with Gasteiger partial charge in [0.1, 0.15) is 11.6 Å². The summed E-state index contributed by atoms with van der Waals surface area (Å²) in [6, 6.07) is 13.6. The number of amides is 1. The number of carbonyl (C=O) groups excluding carboxylic acids is 2. The molecule has 162 valence electrons. The number of hydrogen-bond acceptors (Lipinski definition) is 9. The van der Waals surface area contributed by atoms with Crippen LogP contribution in [0.4, 0.5) is 5.13 Å². The number of anilines is 1. The Bertz CT molecular complexity index is 1230. The van der Waals surface area contributed by atoms with E-state index >= 15 is 0 Å². The minimum Gasteiger partial charge on any atom is -0.493 e. The first kappa shape index (κ1) is 23.0. The Hall–Kier alpha value is -3.68. The van der Waals surface area contributed by atoms with Crippen LogP contribution in [-0.2, 0) is 4.79 Å². The number of hydrogen-bond donors (Lipinski definition) is 1. The average molecular weight is 467 g/mol. The van der Waals surface area contributed by atoms with Crippen molar-refractivity contribution in [2.45, 2.75) is 12.1 Å².